The average molecular weight is 332 g/mol. The van der Waals surface area contributed by atoms with Crippen LogP contribution in [0.15, 0.2) is 35.2 Å². The summed E-state index contributed by atoms with van der Waals surface area (Å²) in [6.45, 7) is 5.37. The van der Waals surface area contributed by atoms with E-state index in [1.807, 2.05) is 30.3 Å². The minimum absolute atomic E-state index is 0.0514. The van der Waals surface area contributed by atoms with E-state index in [9.17, 15) is 9.90 Å². The number of thioether (sulfide) groups is 1. The van der Waals surface area contributed by atoms with Crippen molar-refractivity contribution in [3.8, 4) is 0 Å². The number of halogens is 1. The highest BCUT2D eigenvalue weighted by atomic mass is 35.5. The second kappa shape index (κ2) is 8.51. The van der Waals surface area contributed by atoms with Crippen LogP contribution in [0.3, 0.4) is 0 Å². The summed E-state index contributed by atoms with van der Waals surface area (Å²) in [7, 11) is 0. The Bertz CT molecular complexity index is 436. The lowest BCUT2D eigenvalue weighted by atomic mass is 10.2. The molecule has 0 aromatic heterocycles. The zero-order chi connectivity index (χ0) is 15.9. The second-order valence-corrected chi connectivity index (χ2v) is 7.00. The van der Waals surface area contributed by atoms with E-state index < -0.39 is 23.8 Å². The number of nitrogens with one attached hydrogen (secondary N) is 1. The van der Waals surface area contributed by atoms with E-state index in [2.05, 4.69) is 5.32 Å². The topological polar surface area (TPSA) is 58.6 Å². The fourth-order valence-corrected chi connectivity index (χ4v) is 2.76. The molecule has 0 bridgehead atoms. The lowest BCUT2D eigenvalue weighted by Gasteiger charge is -2.25. The van der Waals surface area contributed by atoms with E-state index in [1.165, 1.54) is 0 Å². The molecule has 21 heavy (non-hydrogen) atoms. The number of benzene rings is 1. The highest BCUT2D eigenvalue weighted by Crippen LogP contribution is 2.19. The van der Waals surface area contributed by atoms with Gasteiger partial charge in [0.1, 0.15) is 5.60 Å². The molecular weight excluding hydrogens is 310 g/mol. The average Bonchev–Trinajstić information content (AvgIpc) is 2.41. The SMILES string of the molecule is CC(C)(C)OC(=O)N[C@H](CSc1ccccc1)[C@@H](O)CCl. The van der Waals surface area contributed by atoms with Crippen LogP contribution >= 0.6 is 23.4 Å². The van der Waals surface area contributed by atoms with Gasteiger partial charge in [0.15, 0.2) is 0 Å². The molecule has 0 fully saturated rings. The zero-order valence-electron chi connectivity index (χ0n) is 12.5. The van der Waals surface area contributed by atoms with Crippen molar-refractivity contribution in [2.45, 2.75) is 43.4 Å². The van der Waals surface area contributed by atoms with Crippen LogP contribution in [-0.4, -0.2) is 40.6 Å². The van der Waals surface area contributed by atoms with Crippen molar-refractivity contribution >= 4 is 29.5 Å². The first-order chi connectivity index (χ1) is 9.81. The lowest BCUT2D eigenvalue weighted by Crippen LogP contribution is -2.47. The fourth-order valence-electron chi connectivity index (χ4n) is 1.52. The molecule has 2 atom stereocenters. The summed E-state index contributed by atoms with van der Waals surface area (Å²) in [5.41, 5.74) is -0.576. The fraction of sp³-hybridized carbons (Fsp3) is 0.533. The summed E-state index contributed by atoms with van der Waals surface area (Å²) >= 11 is 7.24. The Morgan fingerprint density at radius 1 is 1.38 bits per heavy atom. The zero-order valence-corrected chi connectivity index (χ0v) is 14.1. The molecule has 4 nitrogen and oxygen atoms in total. The van der Waals surface area contributed by atoms with Gasteiger partial charge in [-0.25, -0.2) is 4.79 Å². The Morgan fingerprint density at radius 2 is 2.00 bits per heavy atom. The molecule has 1 rings (SSSR count). The third-order valence-corrected chi connectivity index (χ3v) is 3.94. The van der Waals surface area contributed by atoms with E-state index in [4.69, 9.17) is 16.3 Å². The van der Waals surface area contributed by atoms with Crippen molar-refractivity contribution in [2.24, 2.45) is 0 Å². The Balaban J connectivity index is 2.58. The number of carbonyl (C=O) groups is 1. The standard InChI is InChI=1S/C15H22ClNO3S/c1-15(2,3)20-14(19)17-12(13(18)9-16)10-21-11-7-5-4-6-8-11/h4-8,12-13,18H,9-10H2,1-3H3,(H,17,19)/t12-,13+/m1/s1. The molecule has 0 aliphatic carbocycles. The van der Waals surface area contributed by atoms with Crippen LogP contribution in [0.4, 0.5) is 4.79 Å². The van der Waals surface area contributed by atoms with Crippen LogP contribution in [0.2, 0.25) is 0 Å². The van der Waals surface area contributed by atoms with Gasteiger partial charge in [0.25, 0.3) is 0 Å². The van der Waals surface area contributed by atoms with Crippen LogP contribution in [0, 0.1) is 0 Å². The first kappa shape index (κ1) is 18.1. The smallest absolute Gasteiger partial charge is 0.407 e. The number of hydrogen-bond acceptors (Lipinski definition) is 4. The summed E-state index contributed by atoms with van der Waals surface area (Å²) in [6.07, 6.45) is -1.37. The molecule has 0 radical (unpaired) electrons. The molecule has 0 heterocycles. The van der Waals surface area contributed by atoms with E-state index >= 15 is 0 Å². The Morgan fingerprint density at radius 3 is 2.52 bits per heavy atom. The summed E-state index contributed by atoms with van der Waals surface area (Å²) in [6, 6.07) is 9.30. The van der Waals surface area contributed by atoms with Crippen LogP contribution in [-0.2, 0) is 4.74 Å². The highest BCUT2D eigenvalue weighted by molar-refractivity contribution is 7.99. The van der Waals surface area contributed by atoms with Crippen molar-refractivity contribution in [1.82, 2.24) is 5.32 Å². The van der Waals surface area contributed by atoms with E-state index in [1.54, 1.807) is 32.5 Å². The minimum Gasteiger partial charge on any atom is -0.444 e. The number of aliphatic hydroxyl groups excluding tert-OH is 1. The summed E-state index contributed by atoms with van der Waals surface area (Å²) < 4.78 is 5.20. The normalized spacial score (nSPS) is 14.3. The number of alkyl carbamates (subject to hydrolysis) is 1. The van der Waals surface area contributed by atoms with Gasteiger partial charge in [-0.05, 0) is 32.9 Å². The molecule has 1 aromatic rings. The summed E-state index contributed by atoms with van der Waals surface area (Å²) in [5, 5.41) is 12.6. The molecule has 0 aliphatic heterocycles. The third-order valence-electron chi connectivity index (χ3n) is 2.50. The molecule has 2 N–H and O–H groups in total. The van der Waals surface area contributed by atoms with Crippen LogP contribution in [0.1, 0.15) is 20.8 Å². The number of alkyl halides is 1. The van der Waals surface area contributed by atoms with Gasteiger partial charge in [-0.15, -0.1) is 23.4 Å². The van der Waals surface area contributed by atoms with Crippen molar-refractivity contribution in [1.29, 1.82) is 0 Å². The number of aliphatic hydroxyl groups is 1. The lowest BCUT2D eigenvalue weighted by molar-refractivity contribution is 0.0455. The molecule has 0 aliphatic rings. The monoisotopic (exact) mass is 331 g/mol. The third kappa shape index (κ3) is 7.60. The number of hydrogen-bond donors (Lipinski definition) is 2. The maximum absolute atomic E-state index is 11.8. The predicted octanol–water partition coefficient (Wildman–Crippen LogP) is 3.27. The van der Waals surface area contributed by atoms with Gasteiger partial charge in [0, 0.05) is 10.6 Å². The van der Waals surface area contributed by atoms with Crippen LogP contribution < -0.4 is 5.32 Å². The van der Waals surface area contributed by atoms with Crippen molar-refractivity contribution < 1.29 is 14.6 Å². The molecule has 0 saturated heterocycles. The first-order valence-electron chi connectivity index (χ1n) is 6.73. The first-order valence-corrected chi connectivity index (χ1v) is 8.25. The second-order valence-electron chi connectivity index (χ2n) is 5.60. The maximum atomic E-state index is 11.8. The molecule has 118 valence electrons. The predicted molar refractivity (Wildman–Crippen MR) is 87.1 cm³/mol. The molecular formula is C15H22ClNO3S. The molecule has 0 unspecified atom stereocenters. The molecule has 0 saturated carbocycles. The van der Waals surface area contributed by atoms with Crippen LogP contribution in [0.25, 0.3) is 0 Å². The van der Waals surface area contributed by atoms with Gasteiger partial charge in [0.05, 0.1) is 18.0 Å². The van der Waals surface area contributed by atoms with Crippen molar-refractivity contribution in [3.63, 3.8) is 0 Å². The largest absolute Gasteiger partial charge is 0.444 e. The van der Waals surface area contributed by atoms with E-state index in [0.29, 0.717) is 5.75 Å². The van der Waals surface area contributed by atoms with Crippen LogP contribution in [0.5, 0.6) is 0 Å². The Hall–Kier alpha value is -0.910. The maximum Gasteiger partial charge on any atom is 0.407 e. The van der Waals surface area contributed by atoms with Crippen molar-refractivity contribution in [2.75, 3.05) is 11.6 Å². The Labute approximate surface area is 135 Å². The molecule has 1 amide bonds. The van der Waals surface area contributed by atoms with Gasteiger partial charge in [-0.3, -0.25) is 0 Å². The number of amides is 1. The quantitative estimate of drug-likeness (QED) is 0.620. The Kier molecular flexibility index (Phi) is 7.35. The van der Waals surface area contributed by atoms with Gasteiger partial charge in [0.2, 0.25) is 0 Å². The summed E-state index contributed by atoms with van der Waals surface area (Å²) in [5.74, 6) is 0.562. The molecule has 1 aromatic carbocycles. The number of carbonyl (C=O) groups excluding carboxylic acids is 1. The van der Waals surface area contributed by atoms with E-state index in [0.717, 1.165) is 4.90 Å². The molecule has 6 heteroatoms. The van der Waals surface area contributed by atoms with Gasteiger partial charge >= 0.3 is 6.09 Å². The van der Waals surface area contributed by atoms with Gasteiger partial charge < -0.3 is 15.2 Å². The van der Waals surface area contributed by atoms with Gasteiger partial charge in [-0.1, -0.05) is 18.2 Å². The number of rotatable bonds is 6. The highest BCUT2D eigenvalue weighted by Gasteiger charge is 2.24. The summed E-state index contributed by atoms with van der Waals surface area (Å²) in [4.78, 5) is 12.9. The molecule has 0 spiro atoms. The van der Waals surface area contributed by atoms with Crippen molar-refractivity contribution in [3.05, 3.63) is 30.3 Å². The number of ether oxygens (including phenoxy) is 1. The minimum atomic E-state index is -0.824. The van der Waals surface area contributed by atoms with Gasteiger partial charge in [-0.2, -0.15) is 0 Å². The van der Waals surface area contributed by atoms with E-state index in [-0.39, 0.29) is 5.88 Å².